The molecule has 0 atom stereocenters. The van der Waals surface area contributed by atoms with Gasteiger partial charge in [-0.05, 0) is 99.6 Å². The molecule has 2 aromatic heterocycles. The summed E-state index contributed by atoms with van der Waals surface area (Å²) in [5, 5.41) is 8.96. The van der Waals surface area contributed by atoms with Gasteiger partial charge in [0.25, 0.3) is 0 Å². The molecular weight excluding hydrogens is 709 g/mol. The van der Waals surface area contributed by atoms with E-state index < -0.39 is 0 Å². The molecule has 0 radical (unpaired) electrons. The second-order valence-corrected chi connectivity index (χ2v) is 15.7. The normalized spacial score (nSPS) is 11.5. The standard InChI is InChI=1S/C54H36N2S/c1-4-13-36(14-5-1)38-23-27-44(28-24-38)56-50-31-26-42(35-48(50)53-51(56)32-29-46-45-21-10-11-22-52(45)57-54(46)53)41-25-30-49(47(34-41)39-17-8-3-9-18-39)55-43-20-12-19-40(33-43)37-15-6-2-7-16-37/h1-35,55H. The van der Waals surface area contributed by atoms with E-state index in [1.54, 1.807) is 0 Å². The SMILES string of the molecule is c1ccc(-c2ccc(-n3c4ccc(-c5ccc(Nc6cccc(-c7ccccc7)c6)c(-c6ccccc6)c5)cc4c4c5sc6ccccc6c5ccc43)cc2)cc1. The first kappa shape index (κ1) is 33.2. The van der Waals surface area contributed by atoms with E-state index in [4.69, 9.17) is 0 Å². The summed E-state index contributed by atoms with van der Waals surface area (Å²) in [4.78, 5) is 0. The zero-order chi connectivity index (χ0) is 37.7. The van der Waals surface area contributed by atoms with Crippen molar-refractivity contribution in [1.29, 1.82) is 0 Å². The molecule has 2 nitrogen and oxygen atoms in total. The van der Waals surface area contributed by atoms with Gasteiger partial charge in [0.2, 0.25) is 0 Å². The Kier molecular flexibility index (Phi) is 8.04. The number of nitrogens with zero attached hydrogens (tertiary/aromatic N) is 1. The summed E-state index contributed by atoms with van der Waals surface area (Å²) in [7, 11) is 0. The van der Waals surface area contributed by atoms with Crippen molar-refractivity contribution < 1.29 is 0 Å². The number of hydrogen-bond acceptors (Lipinski definition) is 2. The smallest absolute Gasteiger partial charge is 0.0555 e. The van der Waals surface area contributed by atoms with Crippen LogP contribution in [0.15, 0.2) is 212 Å². The van der Waals surface area contributed by atoms with Gasteiger partial charge in [0.1, 0.15) is 0 Å². The molecule has 0 aliphatic carbocycles. The fourth-order valence-corrected chi connectivity index (χ4v) is 9.69. The molecular formula is C54H36N2S. The maximum atomic E-state index is 3.78. The van der Waals surface area contributed by atoms with E-state index in [0.717, 1.165) is 22.6 Å². The largest absolute Gasteiger partial charge is 0.355 e. The predicted octanol–water partition coefficient (Wildman–Crippen LogP) is 15.6. The number of aromatic nitrogens is 1. The van der Waals surface area contributed by atoms with Crippen LogP contribution in [-0.4, -0.2) is 4.57 Å². The summed E-state index contributed by atoms with van der Waals surface area (Å²) in [6.45, 7) is 0. The molecule has 0 bridgehead atoms. The Balaban J connectivity index is 1.07. The van der Waals surface area contributed by atoms with Crippen LogP contribution in [0.3, 0.4) is 0 Å². The van der Waals surface area contributed by atoms with Crippen LogP contribution in [0, 0.1) is 0 Å². The van der Waals surface area contributed by atoms with Crippen molar-refractivity contribution in [3.63, 3.8) is 0 Å². The van der Waals surface area contributed by atoms with E-state index >= 15 is 0 Å². The van der Waals surface area contributed by atoms with Crippen LogP contribution in [0.1, 0.15) is 0 Å². The third-order valence-electron chi connectivity index (χ3n) is 11.2. The molecule has 0 unspecified atom stereocenters. The Morgan fingerprint density at radius 1 is 0.368 bits per heavy atom. The fraction of sp³-hybridized carbons (Fsp3) is 0. The summed E-state index contributed by atoms with van der Waals surface area (Å²) in [6, 6.07) is 76.8. The third-order valence-corrected chi connectivity index (χ3v) is 12.4. The lowest BCUT2D eigenvalue weighted by atomic mass is 9.96. The maximum absolute atomic E-state index is 3.78. The van der Waals surface area contributed by atoms with Gasteiger partial charge in [0.05, 0.1) is 11.0 Å². The molecule has 11 aromatic rings. The Bertz CT molecular complexity index is 3230. The minimum absolute atomic E-state index is 1.06. The third kappa shape index (κ3) is 5.88. The Labute approximate surface area is 335 Å². The molecule has 1 N–H and O–H groups in total. The number of rotatable bonds is 7. The van der Waals surface area contributed by atoms with Crippen molar-refractivity contribution in [2.45, 2.75) is 0 Å². The van der Waals surface area contributed by atoms with Crippen molar-refractivity contribution in [2.75, 3.05) is 5.32 Å². The predicted molar refractivity (Wildman–Crippen MR) is 245 cm³/mol. The summed E-state index contributed by atoms with van der Waals surface area (Å²) < 4.78 is 5.09. The number of hydrogen-bond donors (Lipinski definition) is 1. The summed E-state index contributed by atoms with van der Waals surface area (Å²) in [6.07, 6.45) is 0. The van der Waals surface area contributed by atoms with Crippen molar-refractivity contribution in [3.05, 3.63) is 212 Å². The highest BCUT2D eigenvalue weighted by atomic mass is 32.1. The molecule has 11 rings (SSSR count). The van der Waals surface area contributed by atoms with E-state index in [9.17, 15) is 0 Å². The van der Waals surface area contributed by atoms with Crippen molar-refractivity contribution in [1.82, 2.24) is 4.57 Å². The van der Waals surface area contributed by atoms with E-state index in [2.05, 4.69) is 222 Å². The van der Waals surface area contributed by atoms with Crippen LogP contribution < -0.4 is 5.32 Å². The highest BCUT2D eigenvalue weighted by molar-refractivity contribution is 7.26. The van der Waals surface area contributed by atoms with Gasteiger partial charge < -0.3 is 9.88 Å². The van der Waals surface area contributed by atoms with Crippen LogP contribution >= 0.6 is 11.3 Å². The minimum atomic E-state index is 1.06. The number of thiophene rings is 1. The molecule has 57 heavy (non-hydrogen) atoms. The maximum Gasteiger partial charge on any atom is 0.0555 e. The topological polar surface area (TPSA) is 17.0 Å². The first-order chi connectivity index (χ1) is 28.2. The highest BCUT2D eigenvalue weighted by Crippen LogP contribution is 2.45. The first-order valence-corrected chi connectivity index (χ1v) is 20.2. The van der Waals surface area contributed by atoms with Crippen molar-refractivity contribution in [2.24, 2.45) is 0 Å². The van der Waals surface area contributed by atoms with Crippen LogP contribution in [-0.2, 0) is 0 Å². The molecule has 0 aliphatic rings. The van der Waals surface area contributed by atoms with Crippen molar-refractivity contribution >= 4 is 64.7 Å². The van der Waals surface area contributed by atoms with Gasteiger partial charge in [0, 0.05) is 53.6 Å². The van der Waals surface area contributed by atoms with Crippen LogP contribution in [0.4, 0.5) is 11.4 Å². The molecule has 0 fully saturated rings. The highest BCUT2D eigenvalue weighted by Gasteiger charge is 2.19. The molecule has 9 aromatic carbocycles. The van der Waals surface area contributed by atoms with Gasteiger partial charge in [-0.15, -0.1) is 11.3 Å². The van der Waals surface area contributed by atoms with Gasteiger partial charge in [0.15, 0.2) is 0 Å². The van der Waals surface area contributed by atoms with Gasteiger partial charge >= 0.3 is 0 Å². The zero-order valence-corrected chi connectivity index (χ0v) is 31.9. The van der Waals surface area contributed by atoms with E-state index in [0.29, 0.717) is 0 Å². The Morgan fingerprint density at radius 3 is 1.72 bits per heavy atom. The molecule has 0 aliphatic heterocycles. The Hall–Kier alpha value is -7.20. The lowest BCUT2D eigenvalue weighted by Gasteiger charge is -2.16. The van der Waals surface area contributed by atoms with Gasteiger partial charge in [-0.25, -0.2) is 0 Å². The monoisotopic (exact) mass is 744 g/mol. The fourth-order valence-electron chi connectivity index (χ4n) is 8.43. The lowest BCUT2D eigenvalue weighted by Crippen LogP contribution is -1.95. The average molecular weight is 745 g/mol. The quantitative estimate of drug-likeness (QED) is 0.172. The molecule has 0 saturated heterocycles. The number of anilines is 2. The molecule has 0 amide bonds. The molecule has 268 valence electrons. The summed E-state index contributed by atoms with van der Waals surface area (Å²) in [5.41, 5.74) is 15.2. The van der Waals surface area contributed by atoms with E-state index in [-0.39, 0.29) is 0 Å². The van der Waals surface area contributed by atoms with Crippen LogP contribution in [0.5, 0.6) is 0 Å². The van der Waals surface area contributed by atoms with E-state index in [1.165, 1.54) is 80.9 Å². The molecule has 3 heteroatoms. The van der Waals surface area contributed by atoms with E-state index in [1.807, 2.05) is 11.3 Å². The van der Waals surface area contributed by atoms with Gasteiger partial charge in [-0.1, -0.05) is 152 Å². The van der Waals surface area contributed by atoms with Gasteiger partial charge in [-0.2, -0.15) is 0 Å². The van der Waals surface area contributed by atoms with Crippen molar-refractivity contribution in [3.8, 4) is 50.2 Å². The Morgan fingerprint density at radius 2 is 0.947 bits per heavy atom. The lowest BCUT2D eigenvalue weighted by molar-refractivity contribution is 1.18. The number of benzene rings is 9. The second-order valence-electron chi connectivity index (χ2n) is 14.6. The van der Waals surface area contributed by atoms with Crippen LogP contribution in [0.2, 0.25) is 0 Å². The molecule has 0 saturated carbocycles. The summed E-state index contributed by atoms with van der Waals surface area (Å²) in [5.74, 6) is 0. The average Bonchev–Trinajstić information content (AvgIpc) is 3.83. The minimum Gasteiger partial charge on any atom is -0.355 e. The van der Waals surface area contributed by atoms with Crippen LogP contribution in [0.25, 0.3) is 92.2 Å². The number of nitrogens with one attached hydrogen (secondary N) is 1. The number of fused-ring (bicyclic) bond motifs is 7. The second kappa shape index (κ2) is 13.8. The molecule has 2 heterocycles. The first-order valence-electron chi connectivity index (χ1n) is 19.4. The zero-order valence-electron chi connectivity index (χ0n) is 31.1. The summed E-state index contributed by atoms with van der Waals surface area (Å²) >= 11 is 1.90. The molecule has 0 spiro atoms. The van der Waals surface area contributed by atoms with Gasteiger partial charge in [-0.3, -0.25) is 0 Å².